The number of Topliss-reactive ketones (excluding diaryl/α,β-unsaturated/α-hetero) is 1. The summed E-state index contributed by atoms with van der Waals surface area (Å²) in [4.78, 5) is 23.2. The standard InChI is InChI=1S/C12H13BrO4/c1-4-17-12(15)10(14)8-6-5-7(2)9(13)11(8)16-3/h5-6H,4H2,1-3H3. The summed E-state index contributed by atoms with van der Waals surface area (Å²) in [6.45, 7) is 3.68. The molecule has 0 saturated carbocycles. The van der Waals surface area contributed by atoms with Gasteiger partial charge in [0.05, 0.1) is 23.8 Å². The van der Waals surface area contributed by atoms with E-state index in [-0.39, 0.29) is 12.2 Å². The summed E-state index contributed by atoms with van der Waals surface area (Å²) in [5.41, 5.74) is 1.12. The van der Waals surface area contributed by atoms with Crippen molar-refractivity contribution in [3.63, 3.8) is 0 Å². The van der Waals surface area contributed by atoms with Gasteiger partial charge in [-0.05, 0) is 41.4 Å². The van der Waals surface area contributed by atoms with Crippen LogP contribution >= 0.6 is 15.9 Å². The van der Waals surface area contributed by atoms with Gasteiger partial charge in [0.15, 0.2) is 0 Å². The van der Waals surface area contributed by atoms with Gasteiger partial charge in [0.2, 0.25) is 0 Å². The summed E-state index contributed by atoms with van der Waals surface area (Å²) in [6.07, 6.45) is 0. The summed E-state index contributed by atoms with van der Waals surface area (Å²) in [7, 11) is 1.45. The number of rotatable bonds is 4. The summed E-state index contributed by atoms with van der Waals surface area (Å²) in [6, 6.07) is 3.29. The zero-order chi connectivity index (χ0) is 13.0. The van der Waals surface area contributed by atoms with E-state index < -0.39 is 11.8 Å². The van der Waals surface area contributed by atoms with E-state index in [1.54, 1.807) is 19.1 Å². The lowest BCUT2D eigenvalue weighted by molar-refractivity contribution is -0.137. The van der Waals surface area contributed by atoms with Crippen molar-refractivity contribution in [2.75, 3.05) is 13.7 Å². The Labute approximate surface area is 108 Å². The van der Waals surface area contributed by atoms with Gasteiger partial charge in [-0.1, -0.05) is 6.07 Å². The van der Waals surface area contributed by atoms with E-state index in [0.717, 1.165) is 5.56 Å². The number of methoxy groups -OCH3 is 1. The van der Waals surface area contributed by atoms with Crippen LogP contribution in [0, 0.1) is 6.92 Å². The zero-order valence-electron chi connectivity index (χ0n) is 9.87. The molecule has 0 aliphatic heterocycles. The second kappa shape index (κ2) is 5.82. The Morgan fingerprint density at radius 3 is 2.53 bits per heavy atom. The number of esters is 1. The van der Waals surface area contributed by atoms with Gasteiger partial charge in [-0.15, -0.1) is 0 Å². The van der Waals surface area contributed by atoms with Gasteiger partial charge in [0, 0.05) is 0 Å². The van der Waals surface area contributed by atoms with Crippen LogP contribution < -0.4 is 4.74 Å². The number of carbonyl (C=O) groups excluding carboxylic acids is 2. The lowest BCUT2D eigenvalue weighted by atomic mass is 10.1. The molecular weight excluding hydrogens is 288 g/mol. The maximum Gasteiger partial charge on any atom is 0.379 e. The Bertz CT molecular complexity index is 454. The van der Waals surface area contributed by atoms with Crippen molar-refractivity contribution >= 4 is 27.7 Å². The van der Waals surface area contributed by atoms with Gasteiger partial charge < -0.3 is 9.47 Å². The fraction of sp³-hybridized carbons (Fsp3) is 0.333. The third-order valence-electron chi connectivity index (χ3n) is 2.20. The molecule has 0 aromatic heterocycles. The summed E-state index contributed by atoms with van der Waals surface area (Å²) in [5, 5.41) is 0. The summed E-state index contributed by atoms with van der Waals surface area (Å²) in [5.74, 6) is -1.23. The molecule has 0 unspecified atom stereocenters. The maximum absolute atomic E-state index is 11.8. The fourth-order valence-electron chi connectivity index (χ4n) is 1.34. The highest BCUT2D eigenvalue weighted by atomic mass is 79.9. The van der Waals surface area contributed by atoms with Crippen molar-refractivity contribution < 1.29 is 19.1 Å². The fourth-order valence-corrected chi connectivity index (χ4v) is 1.85. The van der Waals surface area contributed by atoms with Crippen LogP contribution in [0.2, 0.25) is 0 Å². The van der Waals surface area contributed by atoms with Crippen LogP contribution in [0.3, 0.4) is 0 Å². The molecule has 0 saturated heterocycles. The van der Waals surface area contributed by atoms with Crippen molar-refractivity contribution in [3.8, 4) is 5.75 Å². The maximum atomic E-state index is 11.8. The molecule has 0 radical (unpaired) electrons. The number of carbonyl (C=O) groups is 2. The first-order valence-corrected chi connectivity index (χ1v) is 5.86. The SMILES string of the molecule is CCOC(=O)C(=O)c1ccc(C)c(Br)c1OC. The van der Waals surface area contributed by atoms with Gasteiger partial charge in [0.1, 0.15) is 5.75 Å². The molecule has 0 atom stereocenters. The van der Waals surface area contributed by atoms with E-state index in [1.165, 1.54) is 7.11 Å². The van der Waals surface area contributed by atoms with Crippen molar-refractivity contribution in [2.45, 2.75) is 13.8 Å². The summed E-state index contributed by atoms with van der Waals surface area (Å²) >= 11 is 3.32. The Morgan fingerprint density at radius 1 is 1.35 bits per heavy atom. The van der Waals surface area contributed by atoms with Crippen LogP contribution in [-0.4, -0.2) is 25.5 Å². The number of benzene rings is 1. The van der Waals surface area contributed by atoms with E-state index in [0.29, 0.717) is 10.2 Å². The molecule has 0 amide bonds. The Balaban J connectivity index is 3.18. The zero-order valence-corrected chi connectivity index (χ0v) is 11.5. The molecule has 5 heteroatoms. The van der Waals surface area contributed by atoms with Crippen molar-refractivity contribution in [3.05, 3.63) is 27.7 Å². The van der Waals surface area contributed by atoms with Crippen LogP contribution in [0.25, 0.3) is 0 Å². The molecule has 0 N–H and O–H groups in total. The van der Waals surface area contributed by atoms with Crippen LogP contribution in [0.1, 0.15) is 22.8 Å². The normalized spacial score (nSPS) is 9.88. The molecule has 4 nitrogen and oxygen atoms in total. The predicted molar refractivity (Wildman–Crippen MR) is 66.4 cm³/mol. The van der Waals surface area contributed by atoms with Gasteiger partial charge in [-0.3, -0.25) is 4.79 Å². The minimum absolute atomic E-state index is 0.167. The number of halogens is 1. The highest BCUT2D eigenvalue weighted by molar-refractivity contribution is 9.10. The molecule has 17 heavy (non-hydrogen) atoms. The van der Waals surface area contributed by atoms with Crippen molar-refractivity contribution in [1.82, 2.24) is 0 Å². The molecule has 1 aromatic rings. The lowest BCUT2D eigenvalue weighted by Gasteiger charge is -2.10. The summed E-state index contributed by atoms with van der Waals surface area (Å²) < 4.78 is 10.5. The molecule has 1 aromatic carbocycles. The van der Waals surface area contributed by atoms with E-state index in [9.17, 15) is 9.59 Å². The quantitative estimate of drug-likeness (QED) is 0.487. The number of hydrogen-bond acceptors (Lipinski definition) is 4. The highest BCUT2D eigenvalue weighted by Crippen LogP contribution is 2.32. The van der Waals surface area contributed by atoms with Crippen LogP contribution in [0.5, 0.6) is 5.75 Å². The third-order valence-corrected chi connectivity index (χ3v) is 3.19. The monoisotopic (exact) mass is 300 g/mol. The minimum atomic E-state index is -0.874. The Kier molecular flexibility index (Phi) is 4.69. The number of aryl methyl sites for hydroxylation is 1. The predicted octanol–water partition coefficient (Wildman–Crippen LogP) is 2.51. The molecular formula is C12H13BrO4. The average molecular weight is 301 g/mol. The van der Waals surface area contributed by atoms with Gasteiger partial charge in [-0.25, -0.2) is 4.79 Å². The minimum Gasteiger partial charge on any atom is -0.495 e. The average Bonchev–Trinajstić information content (AvgIpc) is 2.31. The van der Waals surface area contributed by atoms with Crippen molar-refractivity contribution in [2.24, 2.45) is 0 Å². The first kappa shape index (κ1) is 13.7. The molecule has 0 heterocycles. The number of hydrogen-bond donors (Lipinski definition) is 0. The smallest absolute Gasteiger partial charge is 0.379 e. The van der Waals surface area contributed by atoms with Crippen LogP contribution in [0.15, 0.2) is 16.6 Å². The van der Waals surface area contributed by atoms with E-state index in [2.05, 4.69) is 20.7 Å². The first-order chi connectivity index (χ1) is 8.02. The Hall–Kier alpha value is -1.36. The first-order valence-electron chi connectivity index (χ1n) is 5.07. The van der Waals surface area contributed by atoms with E-state index in [1.807, 2.05) is 6.92 Å². The Morgan fingerprint density at radius 2 is 2.00 bits per heavy atom. The van der Waals surface area contributed by atoms with Crippen molar-refractivity contribution in [1.29, 1.82) is 0 Å². The van der Waals surface area contributed by atoms with Crippen LogP contribution in [0.4, 0.5) is 0 Å². The molecule has 92 valence electrons. The van der Waals surface area contributed by atoms with E-state index >= 15 is 0 Å². The molecule has 0 aliphatic rings. The van der Waals surface area contributed by atoms with Crippen LogP contribution in [-0.2, 0) is 9.53 Å². The number of ether oxygens (including phenoxy) is 2. The molecule has 1 rings (SSSR count). The molecule has 0 bridgehead atoms. The van der Waals surface area contributed by atoms with Gasteiger partial charge in [-0.2, -0.15) is 0 Å². The molecule has 0 fully saturated rings. The number of ketones is 1. The molecule has 0 aliphatic carbocycles. The van der Waals surface area contributed by atoms with Gasteiger partial charge in [0.25, 0.3) is 5.78 Å². The second-order valence-corrected chi connectivity index (χ2v) is 4.12. The van der Waals surface area contributed by atoms with Gasteiger partial charge >= 0.3 is 5.97 Å². The lowest BCUT2D eigenvalue weighted by Crippen LogP contribution is -2.18. The molecule has 0 spiro atoms. The highest BCUT2D eigenvalue weighted by Gasteiger charge is 2.23. The van der Waals surface area contributed by atoms with E-state index in [4.69, 9.17) is 4.74 Å². The third kappa shape index (κ3) is 2.85. The largest absolute Gasteiger partial charge is 0.495 e. The topological polar surface area (TPSA) is 52.6 Å². The second-order valence-electron chi connectivity index (χ2n) is 3.33.